The molecule has 1 aliphatic carbocycles. The van der Waals surface area contributed by atoms with Crippen LogP contribution in [0.15, 0.2) is 66.8 Å². The maximum absolute atomic E-state index is 12.0. The van der Waals surface area contributed by atoms with Crippen molar-refractivity contribution in [1.82, 2.24) is 0 Å². The van der Waals surface area contributed by atoms with Gasteiger partial charge in [-0.1, -0.05) is 61.7 Å². The van der Waals surface area contributed by atoms with Crippen LogP contribution >= 0.6 is 0 Å². The summed E-state index contributed by atoms with van der Waals surface area (Å²) in [6.45, 7) is 7.68. The highest BCUT2D eigenvalue weighted by Gasteiger charge is 2.21. The number of hydrogen-bond donors (Lipinski definition) is 0. The molecular weight excluding hydrogens is 288 g/mol. The largest absolute Gasteiger partial charge is 0.457 e. The van der Waals surface area contributed by atoms with Crippen LogP contribution in [-0.2, 0) is 14.3 Å². The van der Waals surface area contributed by atoms with Crippen LogP contribution in [0.4, 0.5) is 0 Å². The minimum absolute atomic E-state index is 0.0967. The van der Waals surface area contributed by atoms with E-state index in [0.717, 1.165) is 28.6 Å². The van der Waals surface area contributed by atoms with Crippen molar-refractivity contribution in [3.8, 4) is 0 Å². The number of allylic oxidation sites excluding steroid dienone is 4. The summed E-state index contributed by atoms with van der Waals surface area (Å²) >= 11 is 0. The number of carbonyl (C=O) groups excluding carboxylic acids is 2. The van der Waals surface area contributed by atoms with Gasteiger partial charge in [0.1, 0.15) is 12.4 Å². The third kappa shape index (κ3) is 4.16. The van der Waals surface area contributed by atoms with Gasteiger partial charge in [0.25, 0.3) is 0 Å². The van der Waals surface area contributed by atoms with E-state index >= 15 is 0 Å². The van der Waals surface area contributed by atoms with Gasteiger partial charge in [-0.25, -0.2) is 0 Å². The molecule has 0 fully saturated rings. The molecule has 0 saturated heterocycles. The van der Waals surface area contributed by atoms with Crippen molar-refractivity contribution >= 4 is 18.3 Å². The van der Waals surface area contributed by atoms with Gasteiger partial charge >= 0.3 is 5.97 Å². The van der Waals surface area contributed by atoms with Crippen LogP contribution in [0.1, 0.15) is 36.5 Å². The molecule has 0 spiro atoms. The highest BCUT2D eigenvalue weighted by Crippen LogP contribution is 2.33. The molecule has 3 nitrogen and oxygen atoms in total. The van der Waals surface area contributed by atoms with Crippen molar-refractivity contribution in [2.75, 3.05) is 0 Å². The summed E-state index contributed by atoms with van der Waals surface area (Å²) in [5, 5.41) is 0. The molecule has 1 aromatic rings. The Hall–Kier alpha value is -2.68. The second kappa shape index (κ2) is 8.08. The maximum atomic E-state index is 12.0. The first-order chi connectivity index (χ1) is 11.2. The van der Waals surface area contributed by atoms with E-state index in [2.05, 4.69) is 13.2 Å². The molecule has 2 rings (SSSR count). The van der Waals surface area contributed by atoms with Crippen molar-refractivity contribution < 1.29 is 14.3 Å². The molecule has 0 amide bonds. The van der Waals surface area contributed by atoms with E-state index in [0.29, 0.717) is 6.42 Å². The van der Waals surface area contributed by atoms with E-state index < -0.39 is 6.10 Å². The van der Waals surface area contributed by atoms with E-state index in [-0.39, 0.29) is 18.8 Å². The molecule has 1 aliphatic rings. The lowest BCUT2D eigenvalue weighted by Crippen LogP contribution is -2.14. The Labute approximate surface area is 136 Å². The lowest BCUT2D eigenvalue weighted by Gasteiger charge is -2.23. The molecule has 0 aliphatic heterocycles. The normalized spacial score (nSPS) is 21.3. The van der Waals surface area contributed by atoms with Gasteiger partial charge in [-0.3, -0.25) is 4.79 Å². The summed E-state index contributed by atoms with van der Waals surface area (Å²) in [6.07, 6.45) is 8.63. The first-order valence-electron chi connectivity index (χ1n) is 7.57. The highest BCUT2D eigenvalue weighted by atomic mass is 16.5. The molecule has 0 N–H and O–H groups in total. The average molecular weight is 308 g/mol. The molecule has 0 heterocycles. The van der Waals surface area contributed by atoms with Crippen molar-refractivity contribution in [2.45, 2.75) is 25.4 Å². The Morgan fingerprint density at radius 3 is 2.70 bits per heavy atom. The Morgan fingerprint density at radius 1 is 1.22 bits per heavy atom. The van der Waals surface area contributed by atoms with Gasteiger partial charge in [0.05, 0.1) is 6.42 Å². The molecule has 118 valence electrons. The number of carbonyl (C=O) groups is 2. The van der Waals surface area contributed by atoms with E-state index in [4.69, 9.17) is 4.74 Å². The Morgan fingerprint density at radius 2 is 2.00 bits per heavy atom. The third-order valence-corrected chi connectivity index (χ3v) is 3.77. The zero-order valence-electron chi connectivity index (χ0n) is 13.0. The van der Waals surface area contributed by atoms with Crippen molar-refractivity contribution in [2.24, 2.45) is 0 Å². The van der Waals surface area contributed by atoms with Crippen molar-refractivity contribution in [3.63, 3.8) is 0 Å². The first kappa shape index (κ1) is 16.7. The standard InChI is InChI=1S/C20H20O3/c1-3-15-11-12-17-8-5-6-9-18(17)19(14-16(15)4-2)23-20(22)10-7-13-21/h3-6,8-9,11-13,19H,1-2,7,10,14H2/b12-11-,16-15-. The number of aldehydes is 1. The second-order valence-corrected chi connectivity index (χ2v) is 5.24. The predicted molar refractivity (Wildman–Crippen MR) is 91.6 cm³/mol. The lowest BCUT2D eigenvalue weighted by atomic mass is 9.91. The van der Waals surface area contributed by atoms with Crippen LogP contribution < -0.4 is 0 Å². The minimum Gasteiger partial charge on any atom is -0.457 e. The Balaban J connectivity index is 2.39. The smallest absolute Gasteiger partial charge is 0.306 e. The van der Waals surface area contributed by atoms with Gasteiger partial charge in [-0.2, -0.15) is 0 Å². The number of rotatable bonds is 6. The minimum atomic E-state index is -0.404. The summed E-state index contributed by atoms with van der Waals surface area (Å²) in [5.74, 6) is -0.370. The zero-order valence-corrected chi connectivity index (χ0v) is 13.0. The molecule has 0 saturated carbocycles. The van der Waals surface area contributed by atoms with E-state index in [1.807, 2.05) is 36.4 Å². The molecular formula is C20H20O3. The Kier molecular flexibility index (Phi) is 5.87. The fraction of sp³-hybridized carbons (Fsp3) is 0.200. The van der Waals surface area contributed by atoms with Gasteiger partial charge in [0.2, 0.25) is 0 Å². The molecule has 0 aromatic heterocycles. The molecule has 23 heavy (non-hydrogen) atoms. The lowest BCUT2D eigenvalue weighted by molar-refractivity contribution is -0.150. The summed E-state index contributed by atoms with van der Waals surface area (Å²) in [7, 11) is 0. The van der Waals surface area contributed by atoms with Crippen LogP contribution in [0.25, 0.3) is 6.08 Å². The van der Waals surface area contributed by atoms with Gasteiger partial charge in [0.15, 0.2) is 0 Å². The molecule has 0 radical (unpaired) electrons. The highest BCUT2D eigenvalue weighted by molar-refractivity contribution is 5.73. The number of hydrogen-bond acceptors (Lipinski definition) is 3. The topological polar surface area (TPSA) is 43.4 Å². The van der Waals surface area contributed by atoms with Gasteiger partial charge < -0.3 is 9.53 Å². The predicted octanol–water partition coefficient (Wildman–Crippen LogP) is 4.34. The van der Waals surface area contributed by atoms with E-state index in [9.17, 15) is 9.59 Å². The molecule has 3 heteroatoms. The number of esters is 1. The number of benzene rings is 1. The van der Waals surface area contributed by atoms with Gasteiger partial charge in [-0.15, -0.1) is 0 Å². The van der Waals surface area contributed by atoms with Crippen LogP contribution in [-0.4, -0.2) is 12.3 Å². The summed E-state index contributed by atoms with van der Waals surface area (Å²) in [5.41, 5.74) is 3.89. The van der Waals surface area contributed by atoms with Crippen molar-refractivity contribution in [1.29, 1.82) is 0 Å². The fourth-order valence-corrected chi connectivity index (χ4v) is 2.57. The summed E-state index contributed by atoms with van der Waals surface area (Å²) in [6, 6.07) is 7.81. The van der Waals surface area contributed by atoms with Crippen LogP contribution in [0, 0.1) is 0 Å². The molecule has 0 bridgehead atoms. The van der Waals surface area contributed by atoms with Crippen molar-refractivity contribution in [3.05, 3.63) is 77.9 Å². The van der Waals surface area contributed by atoms with Crippen LogP contribution in [0.5, 0.6) is 0 Å². The van der Waals surface area contributed by atoms with Crippen LogP contribution in [0.3, 0.4) is 0 Å². The first-order valence-corrected chi connectivity index (χ1v) is 7.57. The average Bonchev–Trinajstić information content (AvgIpc) is 2.57. The maximum Gasteiger partial charge on any atom is 0.306 e. The summed E-state index contributed by atoms with van der Waals surface area (Å²) < 4.78 is 5.63. The van der Waals surface area contributed by atoms with E-state index in [1.165, 1.54) is 0 Å². The monoisotopic (exact) mass is 308 g/mol. The van der Waals surface area contributed by atoms with E-state index in [1.54, 1.807) is 12.2 Å². The quantitative estimate of drug-likeness (QED) is 0.580. The third-order valence-electron chi connectivity index (χ3n) is 3.77. The molecule has 1 aromatic carbocycles. The summed E-state index contributed by atoms with van der Waals surface area (Å²) in [4.78, 5) is 22.4. The van der Waals surface area contributed by atoms with Crippen LogP contribution in [0.2, 0.25) is 0 Å². The second-order valence-electron chi connectivity index (χ2n) is 5.24. The zero-order chi connectivity index (χ0) is 16.7. The molecule has 1 unspecified atom stereocenters. The number of ether oxygens (including phenoxy) is 1. The van der Waals surface area contributed by atoms with Gasteiger partial charge in [0, 0.05) is 12.8 Å². The SMILES string of the molecule is C=CC1=C(\C=C)CC(OC(=O)CCC=O)c2ccccc2/C=C\1. The Bertz CT molecular complexity index is 680. The fourth-order valence-electron chi connectivity index (χ4n) is 2.57. The molecule has 1 atom stereocenters. The number of fused-ring (bicyclic) bond motifs is 1. The van der Waals surface area contributed by atoms with Gasteiger partial charge in [-0.05, 0) is 22.3 Å².